The molecular formula is C10H15ClN2. The molecular weight excluding hydrogens is 184 g/mol. The lowest BCUT2D eigenvalue weighted by Gasteiger charge is -2.18. The highest BCUT2D eigenvalue weighted by atomic mass is 35.5. The van der Waals surface area contributed by atoms with Crippen molar-refractivity contribution < 1.29 is 0 Å². The zero-order valence-electron chi connectivity index (χ0n) is 8.26. The first-order valence-electron chi connectivity index (χ1n) is 4.29. The maximum Gasteiger partial charge on any atom is 0.132 e. The Morgan fingerprint density at radius 1 is 1.46 bits per heavy atom. The van der Waals surface area contributed by atoms with Crippen LogP contribution in [0.25, 0.3) is 0 Å². The summed E-state index contributed by atoms with van der Waals surface area (Å²) in [5.41, 5.74) is 7.60. The van der Waals surface area contributed by atoms with Gasteiger partial charge in [-0.1, -0.05) is 17.7 Å². The Hall–Kier alpha value is -0.600. The van der Waals surface area contributed by atoms with Crippen molar-refractivity contribution in [2.75, 3.05) is 0 Å². The smallest absolute Gasteiger partial charge is 0.132 e. The summed E-state index contributed by atoms with van der Waals surface area (Å²) in [7, 11) is 0. The molecule has 1 rings (SSSR count). The van der Waals surface area contributed by atoms with Crippen molar-refractivity contribution in [3.05, 3.63) is 28.5 Å². The lowest BCUT2D eigenvalue weighted by molar-refractivity contribution is 0.516. The van der Waals surface area contributed by atoms with Gasteiger partial charge in [0.1, 0.15) is 5.15 Å². The van der Waals surface area contributed by atoms with Gasteiger partial charge < -0.3 is 5.73 Å². The summed E-state index contributed by atoms with van der Waals surface area (Å²) in [5, 5.41) is 0.568. The first-order valence-corrected chi connectivity index (χ1v) is 4.67. The molecule has 0 aromatic carbocycles. The van der Waals surface area contributed by atoms with Crippen LogP contribution in [0.15, 0.2) is 12.1 Å². The monoisotopic (exact) mass is 198 g/mol. The van der Waals surface area contributed by atoms with Crippen LogP contribution < -0.4 is 5.73 Å². The van der Waals surface area contributed by atoms with Crippen LogP contribution in [-0.2, 0) is 6.42 Å². The summed E-state index contributed by atoms with van der Waals surface area (Å²) in [6, 6.07) is 3.94. The Bertz CT molecular complexity index is 302. The Morgan fingerprint density at radius 2 is 2.08 bits per heavy atom. The fourth-order valence-electron chi connectivity index (χ4n) is 1.18. The van der Waals surface area contributed by atoms with Crippen LogP contribution in [0.5, 0.6) is 0 Å². The highest BCUT2D eigenvalue weighted by Gasteiger charge is 2.14. The molecule has 0 unspecified atom stereocenters. The molecule has 0 aliphatic rings. The molecule has 0 spiro atoms. The van der Waals surface area contributed by atoms with Gasteiger partial charge in [-0.3, -0.25) is 0 Å². The van der Waals surface area contributed by atoms with Crippen LogP contribution >= 0.6 is 11.6 Å². The normalized spacial score (nSPS) is 11.8. The zero-order valence-corrected chi connectivity index (χ0v) is 9.02. The van der Waals surface area contributed by atoms with Crippen molar-refractivity contribution in [2.45, 2.75) is 32.7 Å². The highest BCUT2D eigenvalue weighted by Crippen LogP contribution is 2.18. The van der Waals surface area contributed by atoms with E-state index in [9.17, 15) is 0 Å². The van der Waals surface area contributed by atoms with E-state index in [-0.39, 0.29) is 5.54 Å². The van der Waals surface area contributed by atoms with E-state index in [1.807, 2.05) is 32.9 Å². The molecule has 1 heterocycles. The molecule has 13 heavy (non-hydrogen) atoms. The van der Waals surface area contributed by atoms with Gasteiger partial charge in [0.25, 0.3) is 0 Å². The number of hydrogen-bond acceptors (Lipinski definition) is 2. The van der Waals surface area contributed by atoms with E-state index in [4.69, 9.17) is 17.3 Å². The van der Waals surface area contributed by atoms with Crippen molar-refractivity contribution in [2.24, 2.45) is 5.73 Å². The lowest BCUT2D eigenvalue weighted by Crippen LogP contribution is -2.34. The number of halogens is 1. The molecule has 0 bridgehead atoms. The largest absolute Gasteiger partial charge is 0.325 e. The summed E-state index contributed by atoms with van der Waals surface area (Å²) < 4.78 is 0. The Morgan fingerprint density at radius 3 is 2.54 bits per heavy atom. The van der Waals surface area contributed by atoms with Gasteiger partial charge in [0.15, 0.2) is 0 Å². The van der Waals surface area contributed by atoms with Gasteiger partial charge in [0.2, 0.25) is 0 Å². The SMILES string of the molecule is Cc1ccc(CC(C)(C)N)c(Cl)n1. The number of aryl methyl sites for hydroxylation is 1. The van der Waals surface area contributed by atoms with Crippen LogP contribution in [0.2, 0.25) is 5.15 Å². The van der Waals surface area contributed by atoms with Crippen molar-refractivity contribution in [3.8, 4) is 0 Å². The average molecular weight is 199 g/mol. The Balaban J connectivity index is 2.90. The van der Waals surface area contributed by atoms with E-state index >= 15 is 0 Å². The molecule has 0 saturated carbocycles. The van der Waals surface area contributed by atoms with Gasteiger partial charge in [-0.05, 0) is 38.8 Å². The van der Waals surface area contributed by atoms with Crippen LogP contribution in [0.1, 0.15) is 25.1 Å². The molecule has 1 aromatic heterocycles. The summed E-state index contributed by atoms with van der Waals surface area (Å²) in [6.07, 6.45) is 0.749. The van der Waals surface area contributed by atoms with E-state index in [2.05, 4.69) is 4.98 Å². The van der Waals surface area contributed by atoms with E-state index in [1.54, 1.807) is 0 Å². The molecule has 0 atom stereocenters. The Labute approximate surface area is 84.1 Å². The number of nitrogens with two attached hydrogens (primary N) is 1. The molecule has 0 aliphatic carbocycles. The minimum atomic E-state index is -0.236. The average Bonchev–Trinajstić information content (AvgIpc) is 1.93. The number of hydrogen-bond donors (Lipinski definition) is 1. The molecule has 0 amide bonds. The fraction of sp³-hybridized carbons (Fsp3) is 0.500. The third kappa shape index (κ3) is 3.33. The lowest BCUT2D eigenvalue weighted by atomic mass is 9.97. The summed E-state index contributed by atoms with van der Waals surface area (Å²) in [4.78, 5) is 4.17. The van der Waals surface area contributed by atoms with Crippen LogP contribution in [-0.4, -0.2) is 10.5 Å². The number of aromatic nitrogens is 1. The second kappa shape index (κ2) is 3.64. The van der Waals surface area contributed by atoms with Crippen molar-refractivity contribution in [1.82, 2.24) is 4.98 Å². The van der Waals surface area contributed by atoms with E-state index < -0.39 is 0 Å². The standard InChI is InChI=1S/C10H15ClN2/c1-7-4-5-8(9(11)13-7)6-10(2,3)12/h4-5H,6,12H2,1-3H3. The number of pyridine rings is 1. The van der Waals surface area contributed by atoms with Crippen LogP contribution in [0, 0.1) is 6.92 Å². The molecule has 0 fully saturated rings. The first kappa shape index (κ1) is 10.5. The molecule has 2 nitrogen and oxygen atoms in total. The second-order valence-electron chi connectivity index (χ2n) is 4.07. The van der Waals surface area contributed by atoms with Crippen molar-refractivity contribution in [3.63, 3.8) is 0 Å². The summed E-state index contributed by atoms with van der Waals surface area (Å²) in [5.74, 6) is 0. The maximum atomic E-state index is 5.97. The Kier molecular flexibility index (Phi) is 2.94. The van der Waals surface area contributed by atoms with Gasteiger partial charge in [0.05, 0.1) is 0 Å². The van der Waals surface area contributed by atoms with Gasteiger partial charge >= 0.3 is 0 Å². The number of nitrogens with zero attached hydrogens (tertiary/aromatic N) is 1. The summed E-state index contributed by atoms with van der Waals surface area (Å²) in [6.45, 7) is 5.87. The van der Waals surface area contributed by atoms with Crippen LogP contribution in [0.3, 0.4) is 0 Å². The molecule has 0 saturated heterocycles. The third-order valence-corrected chi connectivity index (χ3v) is 2.04. The van der Waals surface area contributed by atoms with Gasteiger partial charge in [-0.25, -0.2) is 4.98 Å². The van der Waals surface area contributed by atoms with Crippen LogP contribution in [0.4, 0.5) is 0 Å². The number of rotatable bonds is 2. The van der Waals surface area contributed by atoms with Crippen molar-refractivity contribution >= 4 is 11.6 Å². The molecule has 0 aliphatic heterocycles. The van der Waals surface area contributed by atoms with Gasteiger partial charge in [0, 0.05) is 11.2 Å². The molecule has 2 N–H and O–H groups in total. The first-order chi connectivity index (χ1) is 5.88. The summed E-state index contributed by atoms with van der Waals surface area (Å²) >= 11 is 5.97. The maximum absolute atomic E-state index is 5.97. The highest BCUT2D eigenvalue weighted by molar-refractivity contribution is 6.30. The molecule has 72 valence electrons. The molecule has 0 radical (unpaired) electrons. The predicted octanol–water partition coefficient (Wildman–Crippen LogP) is 2.32. The zero-order chi connectivity index (χ0) is 10.1. The van der Waals surface area contributed by atoms with Crippen molar-refractivity contribution in [1.29, 1.82) is 0 Å². The van der Waals surface area contributed by atoms with E-state index in [1.165, 1.54) is 0 Å². The molecule has 3 heteroatoms. The quantitative estimate of drug-likeness (QED) is 0.741. The minimum absolute atomic E-state index is 0.236. The minimum Gasteiger partial charge on any atom is -0.325 e. The fourth-order valence-corrected chi connectivity index (χ4v) is 1.44. The van der Waals surface area contributed by atoms with Gasteiger partial charge in [-0.2, -0.15) is 0 Å². The third-order valence-electron chi connectivity index (χ3n) is 1.71. The molecule has 1 aromatic rings. The topological polar surface area (TPSA) is 38.9 Å². The van der Waals surface area contributed by atoms with E-state index in [0.717, 1.165) is 17.7 Å². The van der Waals surface area contributed by atoms with E-state index in [0.29, 0.717) is 5.15 Å². The predicted molar refractivity (Wildman–Crippen MR) is 56.0 cm³/mol. The second-order valence-corrected chi connectivity index (χ2v) is 4.43. The van der Waals surface area contributed by atoms with Gasteiger partial charge in [-0.15, -0.1) is 0 Å².